The zero-order valence-corrected chi connectivity index (χ0v) is 23.2. The van der Waals surface area contributed by atoms with Crippen LogP contribution in [0.25, 0.3) is 0 Å². The molecular weight excluding hydrogens is 457 g/mol. The van der Waals surface area contributed by atoms with Crippen LogP contribution in [0.4, 0.5) is 4.79 Å². The third-order valence-electron chi connectivity index (χ3n) is 5.28. The Bertz CT molecular complexity index is 584. The van der Waals surface area contributed by atoms with E-state index in [9.17, 15) is 14.5 Å². The molecule has 1 amide bonds. The third kappa shape index (κ3) is 18.4. The van der Waals surface area contributed by atoms with Crippen molar-refractivity contribution in [2.75, 3.05) is 20.8 Å². The lowest BCUT2D eigenvalue weighted by Gasteiger charge is -2.26. The maximum absolute atomic E-state index is 12.2. The van der Waals surface area contributed by atoms with Gasteiger partial charge in [0.2, 0.25) is 0 Å². The fourth-order valence-corrected chi connectivity index (χ4v) is 4.04. The Morgan fingerprint density at radius 2 is 1.44 bits per heavy atom. The molecule has 0 bridgehead atoms. The summed E-state index contributed by atoms with van der Waals surface area (Å²) in [5.74, 6) is 0. The minimum atomic E-state index is -3.75. The molecule has 202 valence electrons. The number of hydrogen-bond donors (Lipinski definition) is 2. The molecule has 0 heterocycles. The number of nitrogens with one attached hydrogen (secondary N) is 1. The van der Waals surface area contributed by atoms with E-state index >= 15 is 0 Å². The fraction of sp³-hybridized carbons (Fsp3) is 0.880. The molecule has 8 nitrogen and oxygen atoms in total. The van der Waals surface area contributed by atoms with Crippen molar-refractivity contribution in [1.82, 2.24) is 5.32 Å². The number of carbonyl (C=O) groups excluding carboxylic acids is 1. The molecule has 0 aliphatic rings. The van der Waals surface area contributed by atoms with Crippen molar-refractivity contribution in [2.24, 2.45) is 0 Å². The standard InChI is InChI=1S/C25H50NO7P/c1-7-8-9-10-11-12-13-14-15-16-17-18-19-20-23(27)22(21-32-34(29,30-5)31-6)26-24(28)33-25(2,3)4/h19-20,22-23,27H,7-18,21H2,1-6H3,(H,26,28)/b20-19+/t22-,23+/m0/s1. The van der Waals surface area contributed by atoms with Crippen LogP contribution < -0.4 is 5.32 Å². The molecule has 0 aliphatic heterocycles. The Morgan fingerprint density at radius 3 is 1.91 bits per heavy atom. The fourth-order valence-electron chi connectivity index (χ4n) is 3.33. The van der Waals surface area contributed by atoms with Gasteiger partial charge in [-0.2, -0.15) is 0 Å². The molecule has 0 spiro atoms. The summed E-state index contributed by atoms with van der Waals surface area (Å²) in [7, 11) is -1.35. The molecule has 2 N–H and O–H groups in total. The number of phosphoric acid groups is 1. The molecule has 9 heteroatoms. The van der Waals surface area contributed by atoms with Crippen molar-refractivity contribution in [3.8, 4) is 0 Å². The number of rotatable bonds is 20. The number of phosphoric ester groups is 1. The molecule has 0 aromatic heterocycles. The highest BCUT2D eigenvalue weighted by molar-refractivity contribution is 7.48. The molecule has 0 saturated heterocycles. The largest absolute Gasteiger partial charge is 0.474 e. The Labute approximate surface area is 207 Å². The van der Waals surface area contributed by atoms with E-state index in [1.54, 1.807) is 26.8 Å². The van der Waals surface area contributed by atoms with E-state index in [0.717, 1.165) is 19.3 Å². The number of aliphatic hydroxyl groups is 1. The van der Waals surface area contributed by atoms with E-state index in [1.165, 1.54) is 72.0 Å². The molecule has 0 saturated carbocycles. The van der Waals surface area contributed by atoms with Crippen molar-refractivity contribution in [2.45, 2.75) is 122 Å². The van der Waals surface area contributed by atoms with Crippen LogP contribution >= 0.6 is 7.82 Å². The molecule has 0 rings (SSSR count). The van der Waals surface area contributed by atoms with Crippen LogP contribution in [-0.2, 0) is 22.9 Å². The van der Waals surface area contributed by atoms with Gasteiger partial charge in [-0.1, -0.05) is 83.3 Å². The molecule has 34 heavy (non-hydrogen) atoms. The molecule has 2 atom stereocenters. The number of ether oxygens (including phenoxy) is 1. The number of carbonyl (C=O) groups is 1. The van der Waals surface area contributed by atoms with Gasteiger partial charge < -0.3 is 15.2 Å². The summed E-state index contributed by atoms with van der Waals surface area (Å²) >= 11 is 0. The van der Waals surface area contributed by atoms with Crippen molar-refractivity contribution in [3.05, 3.63) is 12.2 Å². The average molecular weight is 508 g/mol. The van der Waals surface area contributed by atoms with Gasteiger partial charge in [-0.25, -0.2) is 9.36 Å². The van der Waals surface area contributed by atoms with E-state index in [1.807, 2.05) is 6.08 Å². The van der Waals surface area contributed by atoms with Gasteiger partial charge in [0, 0.05) is 14.2 Å². The summed E-state index contributed by atoms with van der Waals surface area (Å²) in [6.45, 7) is 7.19. The second kappa shape index (κ2) is 19.3. The summed E-state index contributed by atoms with van der Waals surface area (Å²) in [5, 5.41) is 13.1. The molecule has 0 fully saturated rings. The summed E-state index contributed by atoms with van der Waals surface area (Å²) in [5.41, 5.74) is -0.695. The van der Waals surface area contributed by atoms with Gasteiger partial charge in [0.25, 0.3) is 0 Å². The highest BCUT2D eigenvalue weighted by Crippen LogP contribution is 2.47. The van der Waals surface area contributed by atoms with Crippen LogP contribution in [0.15, 0.2) is 12.2 Å². The van der Waals surface area contributed by atoms with Crippen LogP contribution in [-0.4, -0.2) is 49.8 Å². The van der Waals surface area contributed by atoms with Crippen LogP contribution in [0.5, 0.6) is 0 Å². The second-order valence-corrected chi connectivity index (χ2v) is 11.5. The number of amides is 1. The zero-order chi connectivity index (χ0) is 25.9. The number of allylic oxidation sites excluding steroid dienone is 1. The molecule has 0 aromatic carbocycles. The lowest BCUT2D eigenvalue weighted by atomic mass is 10.0. The van der Waals surface area contributed by atoms with Crippen LogP contribution in [0.1, 0.15) is 105 Å². The quantitative estimate of drug-likeness (QED) is 0.105. The molecular formula is C25H50NO7P. The van der Waals surface area contributed by atoms with E-state index in [-0.39, 0.29) is 6.61 Å². The Hall–Kier alpha value is -0.920. The van der Waals surface area contributed by atoms with Crippen molar-refractivity contribution < 1.29 is 32.8 Å². The van der Waals surface area contributed by atoms with E-state index in [4.69, 9.17) is 18.3 Å². The van der Waals surface area contributed by atoms with Gasteiger partial charge in [-0.15, -0.1) is 0 Å². The minimum absolute atomic E-state index is 0.276. The van der Waals surface area contributed by atoms with Gasteiger partial charge >= 0.3 is 13.9 Å². The summed E-state index contributed by atoms with van der Waals surface area (Å²) < 4.78 is 32.1. The van der Waals surface area contributed by atoms with Crippen LogP contribution in [0.3, 0.4) is 0 Å². The molecule has 0 aliphatic carbocycles. The smallest absolute Gasteiger partial charge is 0.444 e. The van der Waals surface area contributed by atoms with Gasteiger partial charge in [0.1, 0.15) is 5.60 Å². The maximum Gasteiger partial charge on any atom is 0.474 e. The lowest BCUT2D eigenvalue weighted by molar-refractivity contribution is 0.0389. The Morgan fingerprint density at radius 1 is 0.941 bits per heavy atom. The highest BCUT2D eigenvalue weighted by Gasteiger charge is 2.29. The van der Waals surface area contributed by atoms with E-state index < -0.39 is 31.7 Å². The summed E-state index contributed by atoms with van der Waals surface area (Å²) in [4.78, 5) is 12.2. The van der Waals surface area contributed by atoms with E-state index in [0.29, 0.717) is 0 Å². The monoisotopic (exact) mass is 507 g/mol. The zero-order valence-electron chi connectivity index (χ0n) is 22.3. The second-order valence-electron chi connectivity index (χ2n) is 9.60. The lowest BCUT2D eigenvalue weighted by Crippen LogP contribution is -2.47. The number of alkyl carbamates (subject to hydrolysis) is 1. The maximum atomic E-state index is 12.2. The van der Waals surface area contributed by atoms with Gasteiger partial charge in [-0.3, -0.25) is 13.6 Å². The Balaban J connectivity index is 4.39. The number of hydrogen-bond acceptors (Lipinski definition) is 7. The first kappa shape index (κ1) is 33.1. The normalized spacial score (nSPS) is 14.3. The van der Waals surface area contributed by atoms with Crippen molar-refractivity contribution in [3.63, 3.8) is 0 Å². The van der Waals surface area contributed by atoms with Crippen LogP contribution in [0, 0.1) is 0 Å². The van der Waals surface area contributed by atoms with Crippen LogP contribution in [0.2, 0.25) is 0 Å². The van der Waals surface area contributed by atoms with E-state index in [2.05, 4.69) is 12.2 Å². The minimum Gasteiger partial charge on any atom is -0.444 e. The first-order valence-corrected chi connectivity index (χ1v) is 14.2. The topological polar surface area (TPSA) is 103 Å². The Kier molecular flexibility index (Phi) is 18.8. The summed E-state index contributed by atoms with van der Waals surface area (Å²) in [6, 6.07) is -0.887. The van der Waals surface area contributed by atoms with Gasteiger partial charge in [-0.05, 0) is 33.6 Å². The average Bonchev–Trinajstić information content (AvgIpc) is 2.78. The number of aliphatic hydroxyl groups excluding tert-OH is 1. The summed E-state index contributed by atoms with van der Waals surface area (Å²) in [6.07, 6.45) is 16.7. The SMILES string of the molecule is CCCCCCCCCCCCC/C=C/[C@@H](O)[C@H](COP(=O)(OC)OC)NC(=O)OC(C)(C)C. The van der Waals surface area contributed by atoms with Gasteiger partial charge in [0.05, 0.1) is 18.8 Å². The first-order valence-electron chi connectivity index (χ1n) is 12.8. The predicted molar refractivity (Wildman–Crippen MR) is 137 cm³/mol. The predicted octanol–water partition coefficient (Wildman–Crippen LogP) is 6.92. The number of unbranched alkanes of at least 4 members (excludes halogenated alkanes) is 11. The molecule has 0 radical (unpaired) electrons. The molecule has 0 aromatic rings. The van der Waals surface area contributed by atoms with Crippen molar-refractivity contribution >= 4 is 13.9 Å². The third-order valence-corrected chi connectivity index (χ3v) is 6.64. The molecule has 0 unspecified atom stereocenters. The highest BCUT2D eigenvalue weighted by atomic mass is 31.2. The van der Waals surface area contributed by atoms with Gasteiger partial charge in [0.15, 0.2) is 0 Å². The van der Waals surface area contributed by atoms with Crippen molar-refractivity contribution in [1.29, 1.82) is 0 Å². The first-order chi connectivity index (χ1) is 16.1.